The van der Waals surface area contributed by atoms with Gasteiger partial charge in [-0.25, -0.2) is 0 Å². The van der Waals surface area contributed by atoms with Crippen molar-refractivity contribution in [2.24, 2.45) is 0 Å². The van der Waals surface area contributed by atoms with Crippen LogP contribution in [0.5, 0.6) is 0 Å². The first-order chi connectivity index (χ1) is 3.12. The summed E-state index contributed by atoms with van der Waals surface area (Å²) in [5, 5.41) is 0. The number of hydrogen-bond acceptors (Lipinski definition) is 0. The summed E-state index contributed by atoms with van der Waals surface area (Å²) in [4.78, 5) is 0. The Labute approximate surface area is 55.1 Å². The second-order valence-electron chi connectivity index (χ2n) is 0.884. The van der Waals surface area contributed by atoms with Gasteiger partial charge in [-0.15, -0.1) is 0 Å². The van der Waals surface area contributed by atoms with E-state index in [2.05, 4.69) is 13.2 Å². The van der Waals surface area contributed by atoms with Crippen LogP contribution in [-0.4, -0.2) is 15.9 Å². The van der Waals surface area contributed by atoms with Gasteiger partial charge < -0.3 is 0 Å². The number of hydrogen-bond donors (Lipinski definition) is 0. The van der Waals surface area contributed by atoms with Crippen molar-refractivity contribution in [2.45, 2.75) is 0 Å². The van der Waals surface area contributed by atoms with Gasteiger partial charge in [-0.1, -0.05) is 0 Å². The van der Waals surface area contributed by atoms with E-state index in [-0.39, 0.29) is 0 Å². The Kier molecular flexibility index (Phi) is 3.36. The molecule has 3 heteroatoms. The normalized spacial score (nSPS) is 12.9. The van der Waals surface area contributed by atoms with E-state index < -0.39 is 15.9 Å². The average molecular weight is 253 g/mol. The predicted molar refractivity (Wildman–Crippen MR) is 37.9 cm³/mol. The molecular formula is C4H6Cl2Te. The third-order valence-electron chi connectivity index (χ3n) is 0.444. The van der Waals surface area contributed by atoms with Crippen LogP contribution in [0.4, 0.5) is 0 Å². The van der Waals surface area contributed by atoms with E-state index in [4.69, 9.17) is 17.9 Å². The van der Waals surface area contributed by atoms with Crippen molar-refractivity contribution in [3.8, 4) is 0 Å². The van der Waals surface area contributed by atoms with Gasteiger partial charge in [0.25, 0.3) is 0 Å². The summed E-state index contributed by atoms with van der Waals surface area (Å²) in [6.07, 6.45) is 0. The standard InChI is InChI=1S/C4H6Cl2Te/c1-3-7(5,6)4-2/h3-4H,1-2H2. The number of halogens is 2. The second-order valence-corrected chi connectivity index (χ2v) is 13.8. The molecule has 0 aromatic heterocycles. The van der Waals surface area contributed by atoms with Gasteiger partial charge in [-0.05, 0) is 0 Å². The molecule has 0 fully saturated rings. The van der Waals surface area contributed by atoms with E-state index >= 15 is 0 Å². The molecule has 42 valence electrons. The molecule has 0 saturated heterocycles. The molecule has 0 aliphatic rings. The van der Waals surface area contributed by atoms with Gasteiger partial charge >= 0.3 is 55.3 Å². The Morgan fingerprint density at radius 1 is 1.14 bits per heavy atom. The third-order valence-corrected chi connectivity index (χ3v) is 6.36. The molecule has 0 heterocycles. The van der Waals surface area contributed by atoms with Gasteiger partial charge in [0.15, 0.2) is 0 Å². The van der Waals surface area contributed by atoms with E-state index in [1.54, 1.807) is 8.25 Å². The van der Waals surface area contributed by atoms with Gasteiger partial charge in [0.1, 0.15) is 0 Å². The fraction of sp³-hybridized carbons (Fsp3) is 0. The average Bonchev–Trinajstić information content (AvgIpc) is 1.68. The predicted octanol–water partition coefficient (Wildman–Crippen LogP) is 2.36. The molecule has 0 aliphatic carbocycles. The van der Waals surface area contributed by atoms with E-state index in [9.17, 15) is 0 Å². The van der Waals surface area contributed by atoms with Crippen molar-refractivity contribution < 1.29 is 0 Å². The van der Waals surface area contributed by atoms with Crippen molar-refractivity contribution in [3.05, 3.63) is 21.4 Å². The zero-order valence-electron chi connectivity index (χ0n) is 3.73. The van der Waals surface area contributed by atoms with Crippen molar-refractivity contribution in [1.29, 1.82) is 0 Å². The molecule has 0 spiro atoms. The van der Waals surface area contributed by atoms with Crippen LogP contribution in [0.2, 0.25) is 0 Å². The minimum atomic E-state index is -2.63. The van der Waals surface area contributed by atoms with Crippen molar-refractivity contribution in [1.82, 2.24) is 0 Å². The molecule has 7 heavy (non-hydrogen) atoms. The van der Waals surface area contributed by atoms with E-state index in [0.717, 1.165) is 0 Å². The summed E-state index contributed by atoms with van der Waals surface area (Å²) >= 11 is -2.63. The summed E-state index contributed by atoms with van der Waals surface area (Å²) < 4.78 is 3.19. The zero-order valence-corrected chi connectivity index (χ0v) is 7.58. The van der Waals surface area contributed by atoms with Crippen molar-refractivity contribution >= 4 is 33.9 Å². The van der Waals surface area contributed by atoms with E-state index in [1.807, 2.05) is 0 Å². The molecule has 0 saturated carbocycles. The zero-order chi connectivity index (χ0) is 5.91. The molecule has 0 amide bonds. The first-order valence-electron chi connectivity index (χ1n) is 1.60. The van der Waals surface area contributed by atoms with Crippen LogP contribution in [0.15, 0.2) is 21.4 Å². The fourth-order valence-electron chi connectivity index (χ4n) is 0.0680. The van der Waals surface area contributed by atoms with E-state index in [1.165, 1.54) is 0 Å². The fourth-order valence-corrected chi connectivity index (χ4v) is 0.456. The molecular weight excluding hydrogens is 247 g/mol. The van der Waals surface area contributed by atoms with Crippen molar-refractivity contribution in [3.63, 3.8) is 0 Å². The van der Waals surface area contributed by atoms with Crippen LogP contribution in [-0.2, 0) is 0 Å². The molecule has 0 aromatic carbocycles. The third kappa shape index (κ3) is 3.43. The Balaban J connectivity index is 3.82. The maximum atomic E-state index is 5.62. The summed E-state index contributed by atoms with van der Waals surface area (Å²) in [6, 6.07) is 0. The Bertz CT molecular complexity index is 77.7. The molecule has 0 nitrogen and oxygen atoms in total. The summed E-state index contributed by atoms with van der Waals surface area (Å²) in [7, 11) is 11.2. The Morgan fingerprint density at radius 3 is 1.43 bits per heavy atom. The molecule has 0 aliphatic heterocycles. The van der Waals surface area contributed by atoms with Crippen LogP contribution >= 0.6 is 17.9 Å². The van der Waals surface area contributed by atoms with Crippen LogP contribution in [0.3, 0.4) is 0 Å². The second kappa shape index (κ2) is 2.99. The first kappa shape index (κ1) is 7.85. The minimum absolute atomic E-state index is 1.60. The molecule has 0 radical (unpaired) electrons. The molecule has 0 N–H and O–H groups in total. The van der Waals surface area contributed by atoms with Gasteiger partial charge in [0, 0.05) is 0 Å². The molecule has 0 rings (SSSR count). The first-order valence-corrected chi connectivity index (χ1v) is 10.2. The van der Waals surface area contributed by atoms with Gasteiger partial charge in [0.05, 0.1) is 0 Å². The van der Waals surface area contributed by atoms with Gasteiger partial charge in [-0.3, -0.25) is 0 Å². The van der Waals surface area contributed by atoms with Crippen LogP contribution in [0, 0.1) is 0 Å². The monoisotopic (exact) mass is 254 g/mol. The summed E-state index contributed by atoms with van der Waals surface area (Å²) in [5.74, 6) is 0. The van der Waals surface area contributed by atoms with Crippen LogP contribution in [0.25, 0.3) is 0 Å². The molecule has 0 bridgehead atoms. The maximum absolute atomic E-state index is 5.62. The summed E-state index contributed by atoms with van der Waals surface area (Å²) in [5.41, 5.74) is 0. The van der Waals surface area contributed by atoms with E-state index in [0.29, 0.717) is 0 Å². The Hall–Kier alpha value is 0.850. The molecule has 0 atom stereocenters. The molecule has 0 unspecified atom stereocenters. The Morgan fingerprint density at radius 2 is 1.43 bits per heavy atom. The van der Waals surface area contributed by atoms with Crippen molar-refractivity contribution in [2.75, 3.05) is 0 Å². The summed E-state index contributed by atoms with van der Waals surface area (Å²) in [6.45, 7) is 6.90. The topological polar surface area (TPSA) is 0 Å². The van der Waals surface area contributed by atoms with Gasteiger partial charge in [-0.2, -0.15) is 0 Å². The van der Waals surface area contributed by atoms with Crippen LogP contribution < -0.4 is 0 Å². The van der Waals surface area contributed by atoms with Crippen LogP contribution in [0.1, 0.15) is 0 Å². The SMILES string of the molecule is C=C[Te](Cl)(Cl)C=C. The quantitative estimate of drug-likeness (QED) is 0.662. The molecule has 0 aromatic rings. The number of rotatable bonds is 2. The van der Waals surface area contributed by atoms with Gasteiger partial charge in [0.2, 0.25) is 0 Å².